The Bertz CT molecular complexity index is 405. The van der Waals surface area contributed by atoms with Gasteiger partial charge in [-0.05, 0) is 26.4 Å². The highest BCUT2D eigenvalue weighted by molar-refractivity contribution is 5.66. The normalized spacial score (nSPS) is 20.8. The zero-order valence-corrected chi connectivity index (χ0v) is 10.6. The predicted octanol–water partition coefficient (Wildman–Crippen LogP) is 0.831. The van der Waals surface area contributed by atoms with Gasteiger partial charge in [0.15, 0.2) is 5.75 Å². The second kappa shape index (κ2) is 5.86. The van der Waals surface area contributed by atoms with Crippen LogP contribution in [-0.2, 0) is 11.3 Å². The van der Waals surface area contributed by atoms with Crippen LogP contribution in [0.15, 0.2) is 12.4 Å². The summed E-state index contributed by atoms with van der Waals surface area (Å²) in [6, 6.07) is 0.446. The number of carboxylic acids is 1. The fraction of sp³-hybridized carbons (Fsp3) is 0.667. The Labute approximate surface area is 106 Å². The average Bonchev–Trinajstić information content (AvgIpc) is 2.75. The fourth-order valence-electron chi connectivity index (χ4n) is 2.19. The van der Waals surface area contributed by atoms with Gasteiger partial charge in [0.2, 0.25) is 0 Å². The molecule has 1 aromatic rings. The third-order valence-corrected chi connectivity index (χ3v) is 3.27. The summed E-state index contributed by atoms with van der Waals surface area (Å²) in [4.78, 5) is 12.8. The minimum atomic E-state index is -0.906. The van der Waals surface area contributed by atoms with E-state index in [4.69, 9.17) is 9.84 Å². The molecule has 1 unspecified atom stereocenters. The van der Waals surface area contributed by atoms with Crippen LogP contribution in [0.3, 0.4) is 0 Å². The number of likely N-dealkylation sites (N-methyl/N-ethyl adjacent to an activating group) is 1. The Morgan fingerprint density at radius 2 is 2.44 bits per heavy atom. The van der Waals surface area contributed by atoms with E-state index in [0.29, 0.717) is 18.4 Å². The summed E-state index contributed by atoms with van der Waals surface area (Å²) in [5, 5.41) is 12.6. The molecule has 18 heavy (non-hydrogen) atoms. The molecule has 2 rings (SSSR count). The largest absolute Gasteiger partial charge is 0.489 e. The lowest BCUT2D eigenvalue weighted by atomic mass is 10.0. The Morgan fingerprint density at radius 3 is 3.17 bits per heavy atom. The lowest BCUT2D eigenvalue weighted by Gasteiger charge is -2.31. The molecule has 1 aliphatic heterocycles. The number of rotatable bonds is 5. The third kappa shape index (κ3) is 3.46. The van der Waals surface area contributed by atoms with E-state index >= 15 is 0 Å². The number of carboxylic acid groups (broad SMARTS) is 1. The maximum atomic E-state index is 10.5. The number of ether oxygens (including phenoxy) is 1. The summed E-state index contributed by atoms with van der Waals surface area (Å²) >= 11 is 0. The van der Waals surface area contributed by atoms with Crippen molar-refractivity contribution in [3.8, 4) is 5.75 Å². The molecule has 1 aliphatic rings. The number of hydrogen-bond acceptors (Lipinski definition) is 4. The van der Waals surface area contributed by atoms with Crippen molar-refractivity contribution in [1.29, 1.82) is 0 Å². The van der Waals surface area contributed by atoms with Crippen molar-refractivity contribution in [2.75, 3.05) is 20.2 Å². The predicted molar refractivity (Wildman–Crippen MR) is 65.6 cm³/mol. The third-order valence-electron chi connectivity index (χ3n) is 3.27. The van der Waals surface area contributed by atoms with Crippen LogP contribution in [0.4, 0.5) is 0 Å². The van der Waals surface area contributed by atoms with Crippen LogP contribution in [0.25, 0.3) is 0 Å². The lowest BCUT2D eigenvalue weighted by Crippen LogP contribution is -2.40. The molecular weight excluding hydrogens is 234 g/mol. The van der Waals surface area contributed by atoms with Gasteiger partial charge in [-0.1, -0.05) is 6.42 Å². The first kappa shape index (κ1) is 12.9. The molecule has 1 fully saturated rings. The molecular formula is C12H19N3O3. The average molecular weight is 253 g/mol. The molecule has 2 heterocycles. The van der Waals surface area contributed by atoms with Gasteiger partial charge in [-0.15, -0.1) is 0 Å². The van der Waals surface area contributed by atoms with Gasteiger partial charge < -0.3 is 14.7 Å². The SMILES string of the molecule is CN1CCCCC1COc1cnn(CC(=O)O)c1. The summed E-state index contributed by atoms with van der Waals surface area (Å²) in [5.41, 5.74) is 0. The number of nitrogens with zero attached hydrogens (tertiary/aromatic N) is 3. The highest BCUT2D eigenvalue weighted by Crippen LogP contribution is 2.17. The van der Waals surface area contributed by atoms with Crippen molar-refractivity contribution in [1.82, 2.24) is 14.7 Å². The maximum Gasteiger partial charge on any atom is 0.325 e. The summed E-state index contributed by atoms with van der Waals surface area (Å²) in [6.45, 7) is 1.62. The van der Waals surface area contributed by atoms with Crippen molar-refractivity contribution < 1.29 is 14.6 Å². The van der Waals surface area contributed by atoms with E-state index in [9.17, 15) is 4.79 Å². The summed E-state index contributed by atoms with van der Waals surface area (Å²) in [6.07, 6.45) is 6.84. The number of piperidine rings is 1. The van der Waals surface area contributed by atoms with Crippen molar-refractivity contribution in [2.45, 2.75) is 31.8 Å². The van der Waals surface area contributed by atoms with E-state index in [0.717, 1.165) is 13.0 Å². The Hall–Kier alpha value is -1.56. The molecule has 6 nitrogen and oxygen atoms in total. The Morgan fingerprint density at radius 1 is 1.61 bits per heavy atom. The minimum absolute atomic E-state index is 0.132. The first-order chi connectivity index (χ1) is 8.65. The highest BCUT2D eigenvalue weighted by atomic mass is 16.5. The zero-order chi connectivity index (χ0) is 13.0. The molecule has 0 spiro atoms. The second-order valence-corrected chi connectivity index (χ2v) is 4.71. The van der Waals surface area contributed by atoms with Gasteiger partial charge in [0.1, 0.15) is 13.2 Å². The molecule has 0 saturated carbocycles. The van der Waals surface area contributed by atoms with Gasteiger partial charge in [-0.2, -0.15) is 5.10 Å². The van der Waals surface area contributed by atoms with Crippen LogP contribution in [-0.4, -0.2) is 52.0 Å². The first-order valence-electron chi connectivity index (χ1n) is 6.22. The van der Waals surface area contributed by atoms with E-state index in [2.05, 4.69) is 17.0 Å². The van der Waals surface area contributed by atoms with Crippen molar-refractivity contribution in [3.05, 3.63) is 12.4 Å². The van der Waals surface area contributed by atoms with Crippen molar-refractivity contribution in [3.63, 3.8) is 0 Å². The standard InChI is InChI=1S/C12H19N3O3/c1-14-5-3-2-4-10(14)9-18-11-6-13-15(7-11)8-12(16)17/h6-7,10H,2-5,8-9H2,1H3,(H,16,17). The van der Waals surface area contributed by atoms with Gasteiger partial charge >= 0.3 is 5.97 Å². The van der Waals surface area contributed by atoms with Crippen LogP contribution in [0.5, 0.6) is 5.75 Å². The zero-order valence-electron chi connectivity index (χ0n) is 10.6. The van der Waals surface area contributed by atoms with Crippen LogP contribution >= 0.6 is 0 Å². The maximum absolute atomic E-state index is 10.5. The molecule has 0 amide bonds. The molecule has 0 bridgehead atoms. The Kier molecular flexibility index (Phi) is 4.19. The fourth-order valence-corrected chi connectivity index (χ4v) is 2.19. The van der Waals surface area contributed by atoms with Gasteiger partial charge in [0.25, 0.3) is 0 Å². The minimum Gasteiger partial charge on any atom is -0.489 e. The van der Waals surface area contributed by atoms with E-state index < -0.39 is 5.97 Å². The monoisotopic (exact) mass is 253 g/mol. The van der Waals surface area contributed by atoms with Gasteiger partial charge in [-0.3, -0.25) is 9.48 Å². The van der Waals surface area contributed by atoms with Crippen molar-refractivity contribution >= 4 is 5.97 Å². The molecule has 1 atom stereocenters. The van der Waals surface area contributed by atoms with Crippen LogP contribution in [0, 0.1) is 0 Å². The first-order valence-corrected chi connectivity index (χ1v) is 6.22. The van der Waals surface area contributed by atoms with E-state index in [1.807, 2.05) is 0 Å². The molecule has 1 N–H and O–H groups in total. The van der Waals surface area contributed by atoms with E-state index in [-0.39, 0.29) is 6.54 Å². The van der Waals surface area contributed by atoms with E-state index in [1.165, 1.54) is 17.5 Å². The number of carbonyl (C=O) groups is 1. The highest BCUT2D eigenvalue weighted by Gasteiger charge is 2.19. The van der Waals surface area contributed by atoms with Crippen molar-refractivity contribution in [2.24, 2.45) is 0 Å². The molecule has 100 valence electrons. The van der Waals surface area contributed by atoms with E-state index in [1.54, 1.807) is 12.4 Å². The van der Waals surface area contributed by atoms with Gasteiger partial charge in [0, 0.05) is 6.04 Å². The van der Waals surface area contributed by atoms with Gasteiger partial charge in [0.05, 0.1) is 12.4 Å². The van der Waals surface area contributed by atoms with Crippen LogP contribution in [0.2, 0.25) is 0 Å². The summed E-state index contributed by atoms with van der Waals surface area (Å²) < 4.78 is 7.02. The number of aliphatic carboxylic acids is 1. The number of hydrogen-bond donors (Lipinski definition) is 1. The quantitative estimate of drug-likeness (QED) is 0.842. The smallest absolute Gasteiger partial charge is 0.325 e. The second-order valence-electron chi connectivity index (χ2n) is 4.71. The van der Waals surface area contributed by atoms with Crippen LogP contribution < -0.4 is 4.74 Å². The molecule has 1 aromatic heterocycles. The number of likely N-dealkylation sites (tertiary alicyclic amines) is 1. The molecule has 1 saturated heterocycles. The molecule has 0 aliphatic carbocycles. The topological polar surface area (TPSA) is 67.6 Å². The van der Waals surface area contributed by atoms with Crippen LogP contribution in [0.1, 0.15) is 19.3 Å². The lowest BCUT2D eigenvalue weighted by molar-refractivity contribution is -0.137. The summed E-state index contributed by atoms with van der Waals surface area (Å²) in [5.74, 6) is -0.271. The summed E-state index contributed by atoms with van der Waals surface area (Å²) in [7, 11) is 2.11. The Balaban J connectivity index is 1.82. The van der Waals surface area contributed by atoms with Gasteiger partial charge in [-0.25, -0.2) is 0 Å². The number of aromatic nitrogens is 2. The molecule has 0 aromatic carbocycles. The molecule has 0 radical (unpaired) electrons. The molecule has 6 heteroatoms.